The summed E-state index contributed by atoms with van der Waals surface area (Å²) in [6, 6.07) is 52.1. The van der Waals surface area contributed by atoms with Crippen molar-refractivity contribution in [2.75, 3.05) is 0 Å². The SMILES string of the molecule is C=CB(c1ccccc1)c1ccccc1.CCCCCc1ccc([SiH2]C(c2ccccc2)(c2ccccc2)n2ccnc2)cc1. The largest absolute Gasteiger partial charge is 0.326 e. The van der Waals surface area contributed by atoms with Gasteiger partial charge in [-0.3, -0.25) is 0 Å². The van der Waals surface area contributed by atoms with Crippen LogP contribution in [0.5, 0.6) is 0 Å². The zero-order valence-corrected chi connectivity index (χ0v) is 27.8. The molecule has 2 nitrogen and oxygen atoms in total. The van der Waals surface area contributed by atoms with Gasteiger partial charge in [0.15, 0.2) is 0 Å². The number of aryl methyl sites for hydroxylation is 1. The molecule has 6 rings (SSSR count). The normalized spacial score (nSPS) is 11.1. The Labute approximate surface area is 272 Å². The summed E-state index contributed by atoms with van der Waals surface area (Å²) in [6.45, 7) is 6.47. The molecule has 45 heavy (non-hydrogen) atoms. The van der Waals surface area contributed by atoms with Gasteiger partial charge in [-0.2, -0.15) is 0 Å². The first kappa shape index (κ1) is 31.7. The zero-order valence-electron chi connectivity index (χ0n) is 26.4. The van der Waals surface area contributed by atoms with Crippen molar-refractivity contribution in [3.05, 3.63) is 194 Å². The summed E-state index contributed by atoms with van der Waals surface area (Å²) in [5.74, 6) is 1.99. The van der Waals surface area contributed by atoms with Crippen LogP contribution in [0.15, 0.2) is 177 Å². The van der Waals surface area contributed by atoms with E-state index in [4.69, 9.17) is 0 Å². The molecule has 0 fully saturated rings. The molecule has 0 aliphatic heterocycles. The molecule has 6 aromatic rings. The number of hydrogen-bond acceptors (Lipinski definition) is 1. The third-order valence-corrected chi connectivity index (χ3v) is 11.1. The summed E-state index contributed by atoms with van der Waals surface area (Å²) in [5, 5.41) is 1.26. The first-order valence-corrected chi connectivity index (χ1v) is 17.6. The summed E-state index contributed by atoms with van der Waals surface area (Å²) in [5.41, 5.74) is 6.69. The molecular weight excluding hydrogens is 559 g/mol. The van der Waals surface area contributed by atoms with Crippen LogP contribution in [-0.2, 0) is 11.6 Å². The van der Waals surface area contributed by atoms with Crippen molar-refractivity contribution in [2.24, 2.45) is 0 Å². The van der Waals surface area contributed by atoms with Crippen molar-refractivity contribution in [1.82, 2.24) is 9.55 Å². The third-order valence-electron chi connectivity index (χ3n) is 8.55. The Kier molecular flexibility index (Phi) is 11.6. The highest BCUT2D eigenvalue weighted by Gasteiger charge is 2.36. The van der Waals surface area contributed by atoms with Crippen molar-refractivity contribution < 1.29 is 0 Å². The number of aromatic nitrogens is 2. The highest BCUT2D eigenvalue weighted by atomic mass is 28.2. The van der Waals surface area contributed by atoms with Crippen LogP contribution in [0.4, 0.5) is 0 Å². The van der Waals surface area contributed by atoms with E-state index in [1.165, 1.54) is 58.5 Å². The van der Waals surface area contributed by atoms with Gasteiger partial charge in [-0.25, -0.2) is 4.98 Å². The van der Waals surface area contributed by atoms with Gasteiger partial charge in [0.25, 0.3) is 0 Å². The molecule has 0 atom stereocenters. The predicted molar refractivity (Wildman–Crippen MR) is 197 cm³/mol. The standard InChI is InChI=1S/C27H30N2Si.C14H13B/c1-2-3-6-11-23-16-18-26(19-17-23)30-27(29-21-20-28-22-29,24-12-7-4-8-13-24)25-14-9-5-10-15-25;1-2-15(13-9-5-3-6-10-13)14-11-7-4-8-12-14/h4-5,7-10,12-22H,2-3,6,11,30H2,1H3;2-12H,1H2. The monoisotopic (exact) mass is 602 g/mol. The molecule has 0 radical (unpaired) electrons. The lowest BCUT2D eigenvalue weighted by atomic mass is 9.41. The van der Waals surface area contributed by atoms with Crippen LogP contribution >= 0.6 is 0 Å². The molecule has 0 aliphatic carbocycles. The van der Waals surface area contributed by atoms with Crippen LogP contribution in [0.1, 0.15) is 42.9 Å². The number of benzene rings is 5. The topological polar surface area (TPSA) is 17.8 Å². The van der Waals surface area contributed by atoms with Crippen molar-refractivity contribution in [2.45, 2.75) is 37.8 Å². The van der Waals surface area contributed by atoms with E-state index in [-0.39, 0.29) is 5.16 Å². The lowest BCUT2D eigenvalue weighted by molar-refractivity contribution is 0.596. The molecule has 0 spiro atoms. The number of hydrogen-bond donors (Lipinski definition) is 0. The number of nitrogens with zero attached hydrogens (tertiary/aromatic N) is 2. The molecule has 1 aromatic heterocycles. The van der Waals surface area contributed by atoms with Gasteiger partial charge in [0.05, 0.1) is 21.0 Å². The van der Waals surface area contributed by atoms with E-state index in [2.05, 4.69) is 163 Å². The van der Waals surface area contributed by atoms with Crippen molar-refractivity contribution in [3.8, 4) is 0 Å². The van der Waals surface area contributed by atoms with Crippen LogP contribution < -0.4 is 16.1 Å². The Hall–Kier alpha value is -4.67. The first-order valence-electron chi connectivity index (χ1n) is 16.1. The van der Waals surface area contributed by atoms with E-state index < -0.39 is 9.52 Å². The minimum Gasteiger partial charge on any atom is -0.326 e. The Bertz CT molecular complexity index is 1590. The minimum atomic E-state index is -0.786. The fraction of sp³-hybridized carbons (Fsp3) is 0.146. The van der Waals surface area contributed by atoms with Crippen LogP contribution in [-0.4, -0.2) is 25.8 Å². The maximum atomic E-state index is 4.42. The molecule has 5 aromatic carbocycles. The zero-order chi connectivity index (χ0) is 31.2. The van der Waals surface area contributed by atoms with Crippen molar-refractivity contribution in [3.63, 3.8) is 0 Å². The van der Waals surface area contributed by atoms with Gasteiger partial charge < -0.3 is 4.57 Å². The summed E-state index contributed by atoms with van der Waals surface area (Å²) in [7, 11) is -0.786. The molecule has 0 bridgehead atoms. The summed E-state index contributed by atoms with van der Waals surface area (Å²) in [6.07, 6.45) is 11.0. The molecule has 0 unspecified atom stereocenters. The van der Waals surface area contributed by atoms with Crippen molar-refractivity contribution in [1.29, 1.82) is 0 Å². The number of unbranched alkanes of at least 4 members (excludes halogenated alkanes) is 2. The fourth-order valence-electron chi connectivity index (χ4n) is 6.16. The molecule has 1 heterocycles. The van der Waals surface area contributed by atoms with E-state index in [1.807, 2.05) is 30.6 Å². The maximum absolute atomic E-state index is 4.42. The maximum Gasteiger partial charge on any atom is 0.233 e. The molecule has 0 aliphatic rings. The second-order valence-corrected chi connectivity index (χ2v) is 13.7. The van der Waals surface area contributed by atoms with Crippen LogP contribution in [0.3, 0.4) is 0 Å². The van der Waals surface area contributed by atoms with E-state index >= 15 is 0 Å². The van der Waals surface area contributed by atoms with Gasteiger partial charge in [0, 0.05) is 12.4 Å². The lowest BCUT2D eigenvalue weighted by Gasteiger charge is -2.37. The molecule has 0 amide bonds. The highest BCUT2D eigenvalue weighted by Crippen LogP contribution is 2.33. The quantitative estimate of drug-likeness (QED) is 0.110. The number of rotatable bonds is 12. The van der Waals surface area contributed by atoms with Gasteiger partial charge in [-0.1, -0.05) is 181 Å². The Balaban J connectivity index is 0.000000223. The summed E-state index contributed by atoms with van der Waals surface area (Å²) < 4.78 is 2.32. The van der Waals surface area contributed by atoms with Crippen LogP contribution in [0, 0.1) is 0 Å². The second kappa shape index (κ2) is 16.4. The van der Waals surface area contributed by atoms with E-state index in [0.29, 0.717) is 6.71 Å². The molecule has 4 heteroatoms. The fourth-order valence-corrected chi connectivity index (χ4v) is 8.47. The van der Waals surface area contributed by atoms with E-state index in [0.717, 1.165) is 0 Å². The molecule has 0 saturated heterocycles. The average Bonchev–Trinajstić information content (AvgIpc) is 3.66. The van der Waals surface area contributed by atoms with Crippen LogP contribution in [0.2, 0.25) is 0 Å². The third kappa shape index (κ3) is 8.09. The van der Waals surface area contributed by atoms with Crippen molar-refractivity contribution >= 4 is 32.3 Å². The van der Waals surface area contributed by atoms with Gasteiger partial charge in [-0.05, 0) is 29.5 Å². The summed E-state index contributed by atoms with van der Waals surface area (Å²) in [4.78, 5) is 4.42. The molecule has 0 saturated carbocycles. The molecule has 224 valence electrons. The highest BCUT2D eigenvalue weighted by molar-refractivity contribution is 6.89. The minimum absolute atomic E-state index is 0.206. The van der Waals surface area contributed by atoms with Gasteiger partial charge in [-0.15, -0.1) is 12.6 Å². The van der Waals surface area contributed by atoms with E-state index in [9.17, 15) is 0 Å². The summed E-state index contributed by atoms with van der Waals surface area (Å²) >= 11 is 0. The van der Waals surface area contributed by atoms with Gasteiger partial charge >= 0.3 is 0 Å². The lowest BCUT2D eigenvalue weighted by Crippen LogP contribution is -2.46. The van der Waals surface area contributed by atoms with E-state index in [1.54, 1.807) is 0 Å². The first-order chi connectivity index (χ1) is 22.2. The molecule has 0 N–H and O–H groups in total. The van der Waals surface area contributed by atoms with Gasteiger partial charge in [0.2, 0.25) is 6.71 Å². The van der Waals surface area contributed by atoms with Crippen LogP contribution in [0.25, 0.3) is 0 Å². The average molecular weight is 603 g/mol. The number of imidazole rings is 1. The molecular formula is C41H43BN2Si. The Morgan fingerprint density at radius 1 is 0.689 bits per heavy atom. The Morgan fingerprint density at radius 3 is 1.64 bits per heavy atom. The predicted octanol–water partition coefficient (Wildman–Crippen LogP) is 6.88. The second-order valence-electron chi connectivity index (χ2n) is 11.5. The smallest absolute Gasteiger partial charge is 0.233 e. The van der Waals surface area contributed by atoms with Gasteiger partial charge in [0.1, 0.15) is 0 Å². The Morgan fingerprint density at radius 2 is 1.20 bits per heavy atom.